The van der Waals surface area contributed by atoms with Gasteiger partial charge >= 0.3 is 10.3 Å². The zero-order valence-corrected chi connectivity index (χ0v) is 22.6. The molecule has 1 aliphatic rings. The third kappa shape index (κ3) is 6.90. The molecule has 0 radical (unpaired) electrons. The Labute approximate surface area is 224 Å². The molecule has 0 spiro atoms. The fraction of sp³-hybridized carbons (Fsp3) is 0.375. The number of thiophene rings is 1. The number of nitrogens with one attached hydrogen (secondary N) is 1. The second kappa shape index (κ2) is 11.5. The van der Waals surface area contributed by atoms with Crippen LogP contribution in [0.4, 0.5) is 5.82 Å². The Kier molecular flexibility index (Phi) is 8.59. The number of aliphatic hydroxyl groups is 1. The van der Waals surface area contributed by atoms with Crippen molar-refractivity contribution < 1.29 is 22.5 Å². The number of rotatable bonds is 10. The molecule has 37 heavy (non-hydrogen) atoms. The maximum absolute atomic E-state index is 13.5. The van der Waals surface area contributed by atoms with Crippen LogP contribution in [0, 0.1) is 5.92 Å². The predicted molar refractivity (Wildman–Crippen MR) is 142 cm³/mol. The van der Waals surface area contributed by atoms with Gasteiger partial charge in [0, 0.05) is 23.2 Å². The molecule has 10 nitrogen and oxygen atoms in total. The molecule has 1 aliphatic carbocycles. The van der Waals surface area contributed by atoms with Crippen LogP contribution in [-0.4, -0.2) is 67.0 Å². The topological polar surface area (TPSA) is 148 Å². The smallest absolute Gasteiger partial charge is 0.333 e. The molecule has 1 fully saturated rings. The monoisotopic (exact) mass is 565 g/mol. The number of carbonyl (C=O) groups excluding carboxylic acids is 1. The number of nitrogens with two attached hydrogens (primary N) is 1. The number of aromatic nitrogens is 2. The summed E-state index contributed by atoms with van der Waals surface area (Å²) in [6.45, 7) is -0.217. The third-order valence-corrected chi connectivity index (χ3v) is 7.89. The Balaban J connectivity index is 1.51. The van der Waals surface area contributed by atoms with Gasteiger partial charge in [-0.3, -0.25) is 13.9 Å². The van der Waals surface area contributed by atoms with Crippen molar-refractivity contribution in [3.63, 3.8) is 0 Å². The summed E-state index contributed by atoms with van der Waals surface area (Å²) >= 11 is 7.55. The van der Waals surface area contributed by atoms with E-state index in [4.69, 9.17) is 16.7 Å². The van der Waals surface area contributed by atoms with Crippen LogP contribution in [0.15, 0.2) is 48.2 Å². The van der Waals surface area contributed by atoms with Crippen molar-refractivity contribution in [1.29, 1.82) is 0 Å². The Morgan fingerprint density at radius 2 is 2.11 bits per heavy atom. The van der Waals surface area contributed by atoms with E-state index >= 15 is 0 Å². The van der Waals surface area contributed by atoms with E-state index in [2.05, 4.69) is 24.4 Å². The van der Waals surface area contributed by atoms with Gasteiger partial charge in [-0.2, -0.15) is 8.42 Å². The van der Waals surface area contributed by atoms with E-state index in [-0.39, 0.29) is 24.5 Å². The standard InChI is InChI=1S/C24H28ClN5O5S2/c1-30(2)22(14-4-3-5-17(25)6-14)16-8-21(36-12-16)23(32)19-10-27-13-28-24(19)29-18-7-15(20(31)9-18)11-35-37(26,33)34/h3-6,8,10,12-13,15,18,20,22,31H,7,9,11H2,1-2H3,(H2,26,33,34)(H,27,28,29)/t15-,18-,20+,22+/m1/s1. The van der Waals surface area contributed by atoms with E-state index in [1.54, 1.807) is 0 Å². The lowest BCUT2D eigenvalue weighted by Crippen LogP contribution is -2.24. The number of aliphatic hydroxyl groups excluding tert-OH is 1. The molecule has 2 heterocycles. The molecular weight excluding hydrogens is 538 g/mol. The van der Waals surface area contributed by atoms with Crippen molar-refractivity contribution in [1.82, 2.24) is 14.9 Å². The van der Waals surface area contributed by atoms with Gasteiger partial charge in [-0.05, 0) is 61.6 Å². The number of nitrogens with zero attached hydrogens (tertiary/aromatic N) is 3. The number of hydrogen-bond acceptors (Lipinski definition) is 10. The van der Waals surface area contributed by atoms with E-state index in [1.807, 2.05) is 49.8 Å². The molecule has 3 aromatic rings. The Morgan fingerprint density at radius 3 is 2.81 bits per heavy atom. The van der Waals surface area contributed by atoms with Gasteiger partial charge in [-0.15, -0.1) is 11.3 Å². The van der Waals surface area contributed by atoms with Crippen molar-refractivity contribution in [3.8, 4) is 0 Å². The van der Waals surface area contributed by atoms with Gasteiger partial charge < -0.3 is 10.4 Å². The lowest BCUT2D eigenvalue weighted by molar-refractivity contribution is 0.101. The molecule has 198 valence electrons. The van der Waals surface area contributed by atoms with Gasteiger partial charge in [0.05, 0.1) is 29.2 Å². The van der Waals surface area contributed by atoms with Crippen LogP contribution >= 0.6 is 22.9 Å². The summed E-state index contributed by atoms with van der Waals surface area (Å²) < 4.78 is 26.8. The summed E-state index contributed by atoms with van der Waals surface area (Å²) in [6.07, 6.45) is 2.78. The van der Waals surface area contributed by atoms with Crippen molar-refractivity contribution in [2.75, 3.05) is 26.0 Å². The Bertz CT molecular complexity index is 1370. The second-order valence-corrected chi connectivity index (χ2v) is 11.8. The summed E-state index contributed by atoms with van der Waals surface area (Å²) in [4.78, 5) is 24.4. The van der Waals surface area contributed by atoms with Crippen LogP contribution < -0.4 is 10.5 Å². The van der Waals surface area contributed by atoms with Crippen LogP contribution in [0.25, 0.3) is 0 Å². The van der Waals surface area contributed by atoms with Gasteiger partial charge in [0.1, 0.15) is 12.1 Å². The second-order valence-electron chi connectivity index (χ2n) is 9.20. The molecule has 0 bridgehead atoms. The molecule has 1 aromatic carbocycles. The number of ketones is 1. The minimum absolute atomic E-state index is 0.0856. The van der Waals surface area contributed by atoms with Gasteiger partial charge in [0.25, 0.3) is 0 Å². The van der Waals surface area contributed by atoms with Gasteiger partial charge in [0.15, 0.2) is 0 Å². The molecule has 1 saturated carbocycles. The highest BCUT2D eigenvalue weighted by molar-refractivity contribution is 7.84. The number of anilines is 1. The average molecular weight is 566 g/mol. The van der Waals surface area contributed by atoms with Gasteiger partial charge in [-0.25, -0.2) is 15.1 Å². The highest BCUT2D eigenvalue weighted by Crippen LogP contribution is 2.34. The fourth-order valence-corrected chi connectivity index (χ4v) is 6.04. The summed E-state index contributed by atoms with van der Waals surface area (Å²) in [5.74, 6) is -0.305. The van der Waals surface area contributed by atoms with Crippen LogP contribution in [0.2, 0.25) is 5.02 Å². The molecule has 0 unspecified atom stereocenters. The van der Waals surface area contributed by atoms with E-state index in [0.717, 1.165) is 11.1 Å². The number of hydrogen-bond donors (Lipinski definition) is 3. The highest BCUT2D eigenvalue weighted by atomic mass is 35.5. The summed E-state index contributed by atoms with van der Waals surface area (Å²) in [5.41, 5.74) is 2.28. The van der Waals surface area contributed by atoms with Crippen LogP contribution in [0.1, 0.15) is 45.2 Å². The first-order valence-corrected chi connectivity index (χ1v) is 14.2. The van der Waals surface area contributed by atoms with Crippen LogP contribution in [0.5, 0.6) is 0 Å². The van der Waals surface area contributed by atoms with Crippen molar-refractivity contribution in [3.05, 3.63) is 74.8 Å². The Morgan fingerprint density at radius 1 is 1.32 bits per heavy atom. The Hall–Kier alpha value is -2.45. The molecule has 4 N–H and O–H groups in total. The highest BCUT2D eigenvalue weighted by Gasteiger charge is 2.35. The lowest BCUT2D eigenvalue weighted by Gasteiger charge is -2.24. The SMILES string of the molecule is CN(C)[C@@H](c1cccc(Cl)c1)c1csc(C(=O)c2cncnc2N[C@@H]2C[C@H](COS(N)(=O)=O)[C@@H](O)C2)c1. The molecule has 4 rings (SSSR count). The minimum atomic E-state index is -4.09. The summed E-state index contributed by atoms with van der Waals surface area (Å²) in [7, 11) is -0.160. The third-order valence-electron chi connectivity index (χ3n) is 6.24. The molecule has 0 amide bonds. The van der Waals surface area contributed by atoms with E-state index in [0.29, 0.717) is 34.1 Å². The number of carbonyl (C=O) groups is 1. The van der Waals surface area contributed by atoms with Crippen molar-refractivity contribution in [2.24, 2.45) is 11.1 Å². The molecule has 0 saturated heterocycles. The predicted octanol–water partition coefficient (Wildman–Crippen LogP) is 2.85. The maximum atomic E-state index is 13.5. The first-order valence-electron chi connectivity index (χ1n) is 11.5. The first kappa shape index (κ1) is 27.6. The minimum Gasteiger partial charge on any atom is -0.393 e. The van der Waals surface area contributed by atoms with Crippen LogP contribution in [0.3, 0.4) is 0 Å². The maximum Gasteiger partial charge on any atom is 0.333 e. The average Bonchev–Trinajstić information content (AvgIpc) is 3.44. The zero-order chi connectivity index (χ0) is 26.7. The number of halogens is 1. The molecule has 2 aromatic heterocycles. The van der Waals surface area contributed by atoms with E-state index in [9.17, 15) is 18.3 Å². The first-order chi connectivity index (χ1) is 17.5. The van der Waals surface area contributed by atoms with Crippen molar-refractivity contribution in [2.45, 2.75) is 31.0 Å². The fourth-order valence-electron chi connectivity index (χ4n) is 4.60. The van der Waals surface area contributed by atoms with Crippen molar-refractivity contribution >= 4 is 44.8 Å². The molecule has 13 heteroatoms. The summed E-state index contributed by atoms with van der Waals surface area (Å²) in [5, 5.41) is 21.0. The largest absolute Gasteiger partial charge is 0.393 e. The van der Waals surface area contributed by atoms with Crippen LogP contribution in [-0.2, 0) is 14.5 Å². The summed E-state index contributed by atoms with van der Waals surface area (Å²) in [6, 6.07) is 9.17. The quantitative estimate of drug-likeness (QED) is 0.315. The number of benzene rings is 1. The van der Waals surface area contributed by atoms with E-state index in [1.165, 1.54) is 23.9 Å². The zero-order valence-electron chi connectivity index (χ0n) is 20.2. The van der Waals surface area contributed by atoms with Gasteiger partial charge in [0.2, 0.25) is 5.78 Å². The molecule has 4 atom stereocenters. The van der Waals surface area contributed by atoms with Gasteiger partial charge in [-0.1, -0.05) is 23.7 Å². The molecule has 0 aliphatic heterocycles. The lowest BCUT2D eigenvalue weighted by atomic mass is 9.99. The molecular formula is C24H28ClN5O5S2. The normalized spacial score (nSPS) is 20.8. The van der Waals surface area contributed by atoms with E-state index < -0.39 is 22.3 Å².